The summed E-state index contributed by atoms with van der Waals surface area (Å²) in [5.41, 5.74) is 0.596. The fraction of sp³-hybridized carbons (Fsp3) is 0.533. The Morgan fingerprint density at radius 3 is 2.59 bits per heavy atom. The minimum absolute atomic E-state index is 0.00640. The molecule has 0 saturated carbocycles. The van der Waals surface area contributed by atoms with Gasteiger partial charge in [-0.15, -0.1) is 0 Å². The number of carbonyl (C=O) groups excluding carboxylic acids is 1. The highest BCUT2D eigenvalue weighted by atomic mass is 16.6. The van der Waals surface area contributed by atoms with Crippen molar-refractivity contribution in [3.8, 4) is 0 Å². The zero-order valence-corrected chi connectivity index (χ0v) is 12.9. The Morgan fingerprint density at radius 2 is 2.05 bits per heavy atom. The zero-order valence-electron chi connectivity index (χ0n) is 12.9. The van der Waals surface area contributed by atoms with E-state index in [1.807, 2.05) is 18.7 Å². The number of carbonyl (C=O) groups is 1. The molecule has 0 amide bonds. The fourth-order valence-corrected chi connectivity index (χ4v) is 2.65. The third-order valence-electron chi connectivity index (χ3n) is 3.44. The van der Waals surface area contributed by atoms with Crippen LogP contribution in [0.5, 0.6) is 0 Å². The molecule has 1 aromatic rings. The first kappa shape index (κ1) is 16.2. The van der Waals surface area contributed by atoms with Gasteiger partial charge in [0.15, 0.2) is 0 Å². The second-order valence-electron chi connectivity index (χ2n) is 5.34. The van der Waals surface area contributed by atoms with Gasteiger partial charge in [0.2, 0.25) is 0 Å². The van der Waals surface area contributed by atoms with E-state index < -0.39 is 10.9 Å². The van der Waals surface area contributed by atoms with Crippen molar-refractivity contribution in [3.05, 3.63) is 33.9 Å². The number of rotatable bonds is 4. The first-order valence-corrected chi connectivity index (χ1v) is 7.28. The molecule has 1 aliphatic rings. The van der Waals surface area contributed by atoms with Crippen molar-refractivity contribution in [1.29, 1.82) is 0 Å². The van der Waals surface area contributed by atoms with E-state index in [1.165, 1.54) is 6.07 Å². The monoisotopic (exact) mass is 308 g/mol. The summed E-state index contributed by atoms with van der Waals surface area (Å²) in [6.07, 6.45) is -0.0128. The molecule has 1 saturated heterocycles. The van der Waals surface area contributed by atoms with Crippen molar-refractivity contribution >= 4 is 17.3 Å². The molecule has 2 rings (SSSR count). The highest BCUT2D eigenvalue weighted by molar-refractivity contribution is 5.91. The lowest BCUT2D eigenvalue weighted by Gasteiger charge is -2.36. The molecule has 7 heteroatoms. The maximum atomic E-state index is 11.7. The third-order valence-corrected chi connectivity index (χ3v) is 3.44. The predicted molar refractivity (Wildman–Crippen MR) is 81.3 cm³/mol. The molecule has 0 N–H and O–H groups in total. The third kappa shape index (κ3) is 3.54. The Labute approximate surface area is 129 Å². The second-order valence-corrected chi connectivity index (χ2v) is 5.34. The Balaban J connectivity index is 2.35. The number of nitro groups is 1. The van der Waals surface area contributed by atoms with Crippen LogP contribution >= 0.6 is 0 Å². The molecule has 0 radical (unpaired) electrons. The number of nitro benzene ring substituents is 1. The van der Waals surface area contributed by atoms with Gasteiger partial charge >= 0.3 is 5.97 Å². The van der Waals surface area contributed by atoms with Crippen LogP contribution in [-0.2, 0) is 9.47 Å². The molecule has 7 nitrogen and oxygen atoms in total. The summed E-state index contributed by atoms with van der Waals surface area (Å²) >= 11 is 0. The van der Waals surface area contributed by atoms with E-state index in [2.05, 4.69) is 0 Å². The smallest absolute Gasteiger partial charge is 0.338 e. The van der Waals surface area contributed by atoms with E-state index >= 15 is 0 Å². The van der Waals surface area contributed by atoms with E-state index in [1.54, 1.807) is 19.1 Å². The summed E-state index contributed by atoms with van der Waals surface area (Å²) in [7, 11) is 0. The first-order chi connectivity index (χ1) is 10.4. The molecule has 1 aromatic carbocycles. The summed E-state index contributed by atoms with van der Waals surface area (Å²) < 4.78 is 10.5. The summed E-state index contributed by atoms with van der Waals surface area (Å²) in [5, 5.41) is 11.4. The lowest BCUT2D eigenvalue weighted by Crippen LogP contribution is -2.45. The minimum Gasteiger partial charge on any atom is -0.462 e. The summed E-state index contributed by atoms with van der Waals surface area (Å²) in [5.74, 6) is -0.555. The van der Waals surface area contributed by atoms with Crippen molar-refractivity contribution in [2.24, 2.45) is 0 Å². The topological polar surface area (TPSA) is 81.9 Å². The van der Waals surface area contributed by atoms with Crippen molar-refractivity contribution in [1.82, 2.24) is 0 Å². The molecule has 22 heavy (non-hydrogen) atoms. The van der Waals surface area contributed by atoms with Crippen LogP contribution in [0.3, 0.4) is 0 Å². The molecule has 1 fully saturated rings. The summed E-state index contributed by atoms with van der Waals surface area (Å²) in [4.78, 5) is 24.5. The first-order valence-electron chi connectivity index (χ1n) is 7.28. The van der Waals surface area contributed by atoms with Crippen molar-refractivity contribution in [2.75, 3.05) is 24.6 Å². The van der Waals surface area contributed by atoms with Gasteiger partial charge in [-0.25, -0.2) is 4.79 Å². The normalized spacial score (nSPS) is 21.5. The van der Waals surface area contributed by atoms with Gasteiger partial charge in [-0.05, 0) is 32.9 Å². The summed E-state index contributed by atoms with van der Waals surface area (Å²) in [6.45, 7) is 6.93. The number of morpholine rings is 1. The van der Waals surface area contributed by atoms with Gasteiger partial charge in [-0.2, -0.15) is 0 Å². The molecule has 0 spiro atoms. The predicted octanol–water partition coefficient (Wildman–Crippen LogP) is 2.39. The van der Waals surface area contributed by atoms with E-state index in [0.29, 0.717) is 18.8 Å². The van der Waals surface area contributed by atoms with E-state index in [4.69, 9.17) is 9.47 Å². The molecule has 2 atom stereocenters. The van der Waals surface area contributed by atoms with E-state index in [-0.39, 0.29) is 30.1 Å². The highest BCUT2D eigenvalue weighted by Crippen LogP contribution is 2.31. The standard InChI is InChI=1S/C15H20N2O5/c1-4-21-15(18)12-5-6-13(14(7-12)17(19)20)16-8-10(2)22-11(3)9-16/h5-7,10-11H,4,8-9H2,1-3H3/t10-,11-/m0/s1. The highest BCUT2D eigenvalue weighted by Gasteiger charge is 2.28. The fourth-order valence-electron chi connectivity index (χ4n) is 2.65. The molecule has 120 valence electrons. The van der Waals surface area contributed by atoms with Gasteiger partial charge in [-0.1, -0.05) is 0 Å². The average Bonchev–Trinajstić information content (AvgIpc) is 2.45. The number of anilines is 1. The van der Waals surface area contributed by atoms with Crippen LogP contribution in [0.25, 0.3) is 0 Å². The number of hydrogen-bond donors (Lipinski definition) is 0. The maximum Gasteiger partial charge on any atom is 0.338 e. The summed E-state index contributed by atoms with van der Waals surface area (Å²) in [6, 6.07) is 4.44. The largest absolute Gasteiger partial charge is 0.462 e. The molecule has 1 heterocycles. The lowest BCUT2D eigenvalue weighted by atomic mass is 10.1. The Kier molecular flexibility index (Phi) is 4.97. The van der Waals surface area contributed by atoms with E-state index in [0.717, 1.165) is 0 Å². The quantitative estimate of drug-likeness (QED) is 0.482. The van der Waals surface area contributed by atoms with Crippen LogP contribution in [0.4, 0.5) is 11.4 Å². The van der Waals surface area contributed by atoms with Crippen LogP contribution in [0.1, 0.15) is 31.1 Å². The molecule has 0 aliphatic carbocycles. The Hall–Kier alpha value is -2.15. The molecular formula is C15H20N2O5. The van der Waals surface area contributed by atoms with Crippen LogP contribution in [0, 0.1) is 10.1 Å². The number of benzene rings is 1. The number of nitrogens with zero attached hydrogens (tertiary/aromatic N) is 2. The SMILES string of the molecule is CCOC(=O)c1ccc(N2C[C@H](C)O[C@@H](C)C2)c([N+](=O)[O-])c1. The number of ether oxygens (including phenoxy) is 2. The van der Waals surface area contributed by atoms with Gasteiger partial charge in [0.05, 0.1) is 29.3 Å². The van der Waals surface area contributed by atoms with Crippen molar-refractivity contribution in [2.45, 2.75) is 33.0 Å². The lowest BCUT2D eigenvalue weighted by molar-refractivity contribution is -0.384. The average molecular weight is 308 g/mol. The molecule has 1 aliphatic heterocycles. The van der Waals surface area contributed by atoms with Gasteiger partial charge in [0.1, 0.15) is 5.69 Å². The van der Waals surface area contributed by atoms with Crippen molar-refractivity contribution < 1.29 is 19.2 Å². The molecular weight excluding hydrogens is 288 g/mol. The minimum atomic E-state index is -0.555. The second kappa shape index (κ2) is 6.74. The van der Waals surface area contributed by atoms with Crippen LogP contribution in [0.2, 0.25) is 0 Å². The number of esters is 1. The maximum absolute atomic E-state index is 11.7. The molecule has 0 bridgehead atoms. The van der Waals surface area contributed by atoms with Gasteiger partial charge in [0.25, 0.3) is 5.69 Å². The Bertz CT molecular complexity index is 565. The van der Waals surface area contributed by atoms with Crippen LogP contribution < -0.4 is 4.90 Å². The van der Waals surface area contributed by atoms with Gasteiger partial charge < -0.3 is 14.4 Å². The molecule has 0 aromatic heterocycles. The molecule has 0 unspecified atom stereocenters. The Morgan fingerprint density at radius 1 is 1.41 bits per heavy atom. The number of hydrogen-bond acceptors (Lipinski definition) is 6. The zero-order chi connectivity index (χ0) is 16.3. The van der Waals surface area contributed by atoms with Crippen LogP contribution in [0.15, 0.2) is 18.2 Å². The van der Waals surface area contributed by atoms with Crippen molar-refractivity contribution in [3.63, 3.8) is 0 Å². The van der Waals surface area contributed by atoms with Gasteiger partial charge in [0, 0.05) is 19.2 Å². The van der Waals surface area contributed by atoms with E-state index in [9.17, 15) is 14.9 Å². The van der Waals surface area contributed by atoms with Crippen LogP contribution in [-0.4, -0.2) is 42.8 Å². The van der Waals surface area contributed by atoms with Gasteiger partial charge in [-0.3, -0.25) is 10.1 Å².